The van der Waals surface area contributed by atoms with Crippen LogP contribution in [0.25, 0.3) is 0 Å². The van der Waals surface area contributed by atoms with E-state index < -0.39 is 0 Å². The maximum absolute atomic E-state index is 5.81. The van der Waals surface area contributed by atoms with Crippen LogP contribution in [0.15, 0.2) is 30.5 Å². The summed E-state index contributed by atoms with van der Waals surface area (Å²) >= 11 is 5.81. The highest BCUT2D eigenvalue weighted by Crippen LogP contribution is 2.39. The van der Waals surface area contributed by atoms with Crippen molar-refractivity contribution in [2.45, 2.75) is 6.54 Å². The van der Waals surface area contributed by atoms with Gasteiger partial charge in [0, 0.05) is 18.3 Å². The van der Waals surface area contributed by atoms with Crippen LogP contribution >= 0.6 is 11.6 Å². The monoisotopic (exact) mass is 308 g/mol. The van der Waals surface area contributed by atoms with Gasteiger partial charge in [-0.25, -0.2) is 4.98 Å². The molecular weight excluding hydrogens is 292 g/mol. The van der Waals surface area contributed by atoms with Crippen molar-refractivity contribution in [3.05, 3.63) is 41.0 Å². The molecule has 0 amide bonds. The summed E-state index contributed by atoms with van der Waals surface area (Å²) in [4.78, 5) is 4.19. The summed E-state index contributed by atoms with van der Waals surface area (Å²) in [6.45, 7) is 0.540. The number of anilines is 1. The lowest BCUT2D eigenvalue weighted by molar-refractivity contribution is 0.322. The van der Waals surface area contributed by atoms with Gasteiger partial charge in [-0.3, -0.25) is 0 Å². The minimum Gasteiger partial charge on any atom is -0.493 e. The fraction of sp³-hybridized carbons (Fsp3) is 0.267. The minimum atomic E-state index is 0.540. The minimum absolute atomic E-state index is 0.540. The number of methoxy groups -OCH3 is 3. The van der Waals surface area contributed by atoms with Gasteiger partial charge in [0.15, 0.2) is 11.5 Å². The van der Waals surface area contributed by atoms with E-state index >= 15 is 0 Å². The van der Waals surface area contributed by atoms with Crippen LogP contribution in [0.4, 0.5) is 5.82 Å². The van der Waals surface area contributed by atoms with Gasteiger partial charge in [-0.1, -0.05) is 11.6 Å². The summed E-state index contributed by atoms with van der Waals surface area (Å²) < 4.78 is 16.0. The summed E-state index contributed by atoms with van der Waals surface area (Å²) in [5.41, 5.74) is 0.937. The Morgan fingerprint density at radius 1 is 1.00 bits per heavy atom. The van der Waals surface area contributed by atoms with E-state index in [0.29, 0.717) is 28.8 Å². The van der Waals surface area contributed by atoms with Crippen molar-refractivity contribution < 1.29 is 14.2 Å². The lowest BCUT2D eigenvalue weighted by atomic mass is 10.1. The SMILES string of the molecule is COc1ccc(CNc2ccc(Cl)cn2)c(OC)c1OC. The van der Waals surface area contributed by atoms with Crippen molar-refractivity contribution in [2.24, 2.45) is 0 Å². The van der Waals surface area contributed by atoms with Crippen molar-refractivity contribution in [3.8, 4) is 17.2 Å². The third-order valence-electron chi connectivity index (χ3n) is 2.97. The zero-order valence-corrected chi connectivity index (χ0v) is 12.9. The normalized spacial score (nSPS) is 10.1. The molecule has 1 N–H and O–H groups in total. The Kier molecular flexibility index (Phi) is 5.11. The number of nitrogens with one attached hydrogen (secondary N) is 1. The van der Waals surface area contributed by atoms with Crippen molar-refractivity contribution in [1.29, 1.82) is 0 Å². The molecule has 112 valence electrons. The summed E-state index contributed by atoms with van der Waals surface area (Å²) in [7, 11) is 4.77. The first kappa shape index (κ1) is 15.3. The van der Waals surface area contributed by atoms with E-state index in [-0.39, 0.29) is 0 Å². The lowest BCUT2D eigenvalue weighted by Gasteiger charge is -2.16. The first-order valence-electron chi connectivity index (χ1n) is 6.33. The van der Waals surface area contributed by atoms with Crippen LogP contribution in [-0.2, 0) is 6.54 Å². The zero-order chi connectivity index (χ0) is 15.2. The highest BCUT2D eigenvalue weighted by Gasteiger charge is 2.15. The second-order valence-electron chi connectivity index (χ2n) is 4.21. The first-order chi connectivity index (χ1) is 10.2. The molecule has 0 saturated heterocycles. The molecule has 0 unspecified atom stereocenters. The Morgan fingerprint density at radius 3 is 2.33 bits per heavy atom. The summed E-state index contributed by atoms with van der Waals surface area (Å²) in [6, 6.07) is 7.36. The molecule has 0 spiro atoms. The maximum atomic E-state index is 5.81. The average Bonchev–Trinajstić information content (AvgIpc) is 2.53. The van der Waals surface area contributed by atoms with Crippen molar-refractivity contribution in [3.63, 3.8) is 0 Å². The summed E-state index contributed by atoms with van der Waals surface area (Å²) in [5.74, 6) is 2.57. The largest absolute Gasteiger partial charge is 0.493 e. The van der Waals surface area contributed by atoms with Gasteiger partial charge >= 0.3 is 0 Å². The molecule has 1 aromatic heterocycles. The summed E-state index contributed by atoms with van der Waals surface area (Å²) in [5, 5.41) is 3.81. The fourth-order valence-corrected chi connectivity index (χ4v) is 2.08. The first-order valence-corrected chi connectivity index (χ1v) is 6.70. The molecule has 21 heavy (non-hydrogen) atoms. The number of nitrogens with zero attached hydrogens (tertiary/aromatic N) is 1. The van der Waals surface area contributed by atoms with Crippen LogP contribution in [0.2, 0.25) is 5.02 Å². The van der Waals surface area contributed by atoms with Gasteiger partial charge in [-0.05, 0) is 24.3 Å². The molecule has 1 heterocycles. The number of hydrogen-bond donors (Lipinski definition) is 1. The van der Waals surface area contributed by atoms with Gasteiger partial charge in [-0.15, -0.1) is 0 Å². The van der Waals surface area contributed by atoms with Crippen LogP contribution in [-0.4, -0.2) is 26.3 Å². The van der Waals surface area contributed by atoms with Gasteiger partial charge in [0.05, 0.1) is 26.4 Å². The van der Waals surface area contributed by atoms with E-state index in [1.807, 2.05) is 18.2 Å². The molecule has 0 fully saturated rings. The van der Waals surface area contributed by atoms with Gasteiger partial charge in [0.25, 0.3) is 0 Å². The molecule has 0 aliphatic heterocycles. The standard InChI is InChI=1S/C15H17ClN2O3/c1-19-12-6-4-10(14(20-2)15(12)21-3)8-17-13-7-5-11(16)9-18-13/h4-7,9H,8H2,1-3H3,(H,17,18). The molecule has 1 aromatic carbocycles. The van der Waals surface area contributed by atoms with E-state index in [0.717, 1.165) is 11.4 Å². The van der Waals surface area contributed by atoms with Crippen molar-refractivity contribution in [2.75, 3.05) is 26.6 Å². The second kappa shape index (κ2) is 7.04. The third-order valence-corrected chi connectivity index (χ3v) is 3.20. The van der Waals surface area contributed by atoms with Gasteiger partial charge in [0.2, 0.25) is 5.75 Å². The van der Waals surface area contributed by atoms with Crippen LogP contribution in [0.3, 0.4) is 0 Å². The molecule has 5 nitrogen and oxygen atoms in total. The van der Waals surface area contributed by atoms with Crippen LogP contribution in [0, 0.1) is 0 Å². The second-order valence-corrected chi connectivity index (χ2v) is 4.65. The molecule has 0 aliphatic rings. The molecule has 0 aliphatic carbocycles. The number of pyridine rings is 1. The Labute approximate surface area is 128 Å². The highest BCUT2D eigenvalue weighted by molar-refractivity contribution is 6.30. The maximum Gasteiger partial charge on any atom is 0.203 e. The fourth-order valence-electron chi connectivity index (χ4n) is 1.97. The van der Waals surface area contributed by atoms with E-state index in [1.54, 1.807) is 33.6 Å². The molecule has 2 aromatic rings. The lowest BCUT2D eigenvalue weighted by Crippen LogP contribution is -2.05. The van der Waals surface area contributed by atoms with E-state index in [9.17, 15) is 0 Å². The predicted octanol–water partition coefficient (Wildman–Crippen LogP) is 3.37. The Bertz CT molecular complexity index is 603. The highest BCUT2D eigenvalue weighted by atomic mass is 35.5. The van der Waals surface area contributed by atoms with E-state index in [2.05, 4.69) is 10.3 Å². The third kappa shape index (κ3) is 3.49. The van der Waals surface area contributed by atoms with Gasteiger partial charge < -0.3 is 19.5 Å². The van der Waals surface area contributed by atoms with E-state index in [1.165, 1.54) is 0 Å². The average molecular weight is 309 g/mol. The number of benzene rings is 1. The van der Waals surface area contributed by atoms with Crippen LogP contribution < -0.4 is 19.5 Å². The molecule has 0 saturated carbocycles. The molecule has 0 radical (unpaired) electrons. The Hall–Kier alpha value is -2.14. The summed E-state index contributed by atoms with van der Waals surface area (Å²) in [6.07, 6.45) is 1.59. The number of halogens is 1. The van der Waals surface area contributed by atoms with Crippen molar-refractivity contribution >= 4 is 17.4 Å². The van der Waals surface area contributed by atoms with Crippen LogP contribution in [0.1, 0.15) is 5.56 Å². The number of rotatable bonds is 6. The predicted molar refractivity (Wildman–Crippen MR) is 82.7 cm³/mol. The molecule has 6 heteroatoms. The topological polar surface area (TPSA) is 52.6 Å². The molecular formula is C15H17ClN2O3. The number of aromatic nitrogens is 1. The van der Waals surface area contributed by atoms with Gasteiger partial charge in [0.1, 0.15) is 5.82 Å². The van der Waals surface area contributed by atoms with Crippen LogP contribution in [0.5, 0.6) is 17.2 Å². The zero-order valence-electron chi connectivity index (χ0n) is 12.1. The van der Waals surface area contributed by atoms with Crippen molar-refractivity contribution in [1.82, 2.24) is 4.98 Å². The number of ether oxygens (including phenoxy) is 3. The molecule has 2 rings (SSSR count). The Morgan fingerprint density at radius 2 is 1.76 bits per heavy atom. The molecule has 0 atom stereocenters. The van der Waals surface area contributed by atoms with Gasteiger partial charge in [-0.2, -0.15) is 0 Å². The van der Waals surface area contributed by atoms with E-state index in [4.69, 9.17) is 25.8 Å². The molecule has 0 bridgehead atoms. The smallest absolute Gasteiger partial charge is 0.203 e. The quantitative estimate of drug-likeness (QED) is 0.886. The Balaban J connectivity index is 2.21. The number of hydrogen-bond acceptors (Lipinski definition) is 5.